The number of ether oxygens (including phenoxy) is 1. The molecule has 3 aromatic rings. The highest BCUT2D eigenvalue weighted by Crippen LogP contribution is 2.22. The Kier molecular flexibility index (Phi) is 11.1. The first-order valence-electron chi connectivity index (χ1n) is 14.1. The lowest BCUT2D eigenvalue weighted by atomic mass is 9.99. The number of thiophene rings is 1. The van der Waals surface area contributed by atoms with Crippen LogP contribution in [0.15, 0.2) is 72.1 Å². The molecule has 1 saturated heterocycles. The van der Waals surface area contributed by atoms with Gasteiger partial charge in [-0.1, -0.05) is 60.7 Å². The molecule has 3 unspecified atom stereocenters. The maximum Gasteiger partial charge on any atom is 0.249 e. The quantitative estimate of drug-likeness (QED) is 0.326. The van der Waals surface area contributed by atoms with Gasteiger partial charge >= 0.3 is 0 Å². The third-order valence-corrected chi connectivity index (χ3v) is 8.58. The molecule has 4 rings (SSSR count). The molecule has 2 heterocycles. The van der Waals surface area contributed by atoms with Crippen molar-refractivity contribution >= 4 is 29.1 Å². The average Bonchev–Trinajstić information content (AvgIpc) is 3.73. The summed E-state index contributed by atoms with van der Waals surface area (Å²) in [6, 6.07) is 20.7. The molecule has 1 aromatic heterocycles. The van der Waals surface area contributed by atoms with Gasteiger partial charge in [0.25, 0.3) is 0 Å². The Bertz CT molecular complexity index is 1260. The molecule has 9 heteroatoms. The van der Waals surface area contributed by atoms with E-state index in [0.717, 1.165) is 41.0 Å². The molecule has 3 amide bonds. The minimum Gasteiger partial charge on any atom is -0.370 e. The Morgan fingerprint density at radius 2 is 1.68 bits per heavy atom. The van der Waals surface area contributed by atoms with E-state index < -0.39 is 12.1 Å². The Hall–Kier alpha value is -3.53. The van der Waals surface area contributed by atoms with Gasteiger partial charge in [-0.15, -0.1) is 11.3 Å². The van der Waals surface area contributed by atoms with Crippen LogP contribution in [-0.4, -0.2) is 86.5 Å². The van der Waals surface area contributed by atoms with Crippen molar-refractivity contribution in [2.45, 2.75) is 43.8 Å². The molecule has 2 N–H and O–H groups in total. The van der Waals surface area contributed by atoms with E-state index in [2.05, 4.69) is 22.8 Å². The highest BCUT2D eigenvalue weighted by atomic mass is 32.1. The Morgan fingerprint density at radius 1 is 0.951 bits per heavy atom. The molecule has 1 aliphatic heterocycles. The van der Waals surface area contributed by atoms with Crippen molar-refractivity contribution in [3.8, 4) is 11.1 Å². The topological polar surface area (TPSA) is 91.0 Å². The van der Waals surface area contributed by atoms with Gasteiger partial charge in [0.05, 0.1) is 6.61 Å². The average molecular weight is 577 g/mol. The van der Waals surface area contributed by atoms with Crippen LogP contribution in [0.25, 0.3) is 11.1 Å². The number of hydrogen-bond donors (Lipinski definition) is 2. The molecule has 1 fully saturated rings. The number of amides is 3. The second-order valence-corrected chi connectivity index (χ2v) is 11.5. The highest BCUT2D eigenvalue weighted by molar-refractivity contribution is 7.09. The van der Waals surface area contributed by atoms with Crippen molar-refractivity contribution < 1.29 is 19.1 Å². The summed E-state index contributed by atoms with van der Waals surface area (Å²) < 4.78 is 5.74. The predicted molar refractivity (Wildman–Crippen MR) is 163 cm³/mol. The minimum atomic E-state index is -0.807. The first kappa shape index (κ1) is 30.4. The fourth-order valence-corrected chi connectivity index (χ4v) is 5.86. The summed E-state index contributed by atoms with van der Waals surface area (Å²) in [5.74, 6) is -0.817. The third-order valence-electron chi connectivity index (χ3n) is 7.68. The van der Waals surface area contributed by atoms with Crippen molar-refractivity contribution in [2.75, 3.05) is 40.9 Å². The van der Waals surface area contributed by atoms with Crippen LogP contribution in [0.4, 0.5) is 0 Å². The normalized spacial score (nSPS) is 16.1. The van der Waals surface area contributed by atoms with Crippen molar-refractivity contribution in [1.82, 2.24) is 20.4 Å². The number of benzene rings is 2. The standard InChI is InChI=1S/C32H40N4O4S/c1-33-31(38)28(20-27-12-8-18-41-27)36(3)32(39)29(35(2)30(37)22-40-21-26-11-7-17-34-26)19-23-13-15-25(16-14-23)24-9-5-4-6-10-24/h4-6,8-10,12-16,18,26,28-29,34H,7,11,17,19-22H2,1-3H3,(H,33,38). The van der Waals surface area contributed by atoms with Gasteiger partial charge in [0.1, 0.15) is 18.7 Å². The van der Waals surface area contributed by atoms with Crippen LogP contribution in [-0.2, 0) is 32.0 Å². The van der Waals surface area contributed by atoms with Gasteiger partial charge < -0.3 is 25.2 Å². The maximum atomic E-state index is 14.1. The number of nitrogens with zero attached hydrogens (tertiary/aromatic N) is 2. The van der Waals surface area contributed by atoms with Crippen molar-refractivity contribution in [2.24, 2.45) is 0 Å². The third kappa shape index (κ3) is 8.25. The molecule has 2 aromatic carbocycles. The zero-order valence-corrected chi connectivity index (χ0v) is 24.9. The van der Waals surface area contributed by atoms with Gasteiger partial charge in [0, 0.05) is 44.9 Å². The number of likely N-dealkylation sites (N-methyl/N-ethyl adjacent to an activating group) is 3. The Balaban J connectivity index is 1.53. The summed E-state index contributed by atoms with van der Waals surface area (Å²) in [7, 11) is 4.85. The Morgan fingerprint density at radius 3 is 2.32 bits per heavy atom. The first-order chi connectivity index (χ1) is 19.9. The molecule has 41 heavy (non-hydrogen) atoms. The summed E-state index contributed by atoms with van der Waals surface area (Å²) >= 11 is 1.55. The summed E-state index contributed by atoms with van der Waals surface area (Å²) in [6.07, 6.45) is 2.84. The lowest BCUT2D eigenvalue weighted by Crippen LogP contribution is -2.56. The zero-order valence-electron chi connectivity index (χ0n) is 24.0. The number of hydrogen-bond acceptors (Lipinski definition) is 6. The van der Waals surface area contributed by atoms with E-state index >= 15 is 0 Å². The zero-order chi connectivity index (χ0) is 29.2. The lowest BCUT2D eigenvalue weighted by molar-refractivity contribution is -0.149. The van der Waals surface area contributed by atoms with Gasteiger partial charge in [-0.25, -0.2) is 0 Å². The minimum absolute atomic E-state index is 0.108. The van der Waals surface area contributed by atoms with E-state index in [0.29, 0.717) is 19.4 Å². The van der Waals surface area contributed by atoms with Crippen LogP contribution in [0.1, 0.15) is 23.3 Å². The first-order valence-corrected chi connectivity index (χ1v) is 15.0. The van der Waals surface area contributed by atoms with E-state index in [4.69, 9.17) is 4.74 Å². The summed E-state index contributed by atoms with van der Waals surface area (Å²) in [4.78, 5) is 44.2. The van der Waals surface area contributed by atoms with Crippen LogP contribution < -0.4 is 10.6 Å². The van der Waals surface area contributed by atoms with Gasteiger partial charge in [0.15, 0.2) is 0 Å². The molecule has 3 atom stereocenters. The molecule has 0 saturated carbocycles. The van der Waals surface area contributed by atoms with Crippen LogP contribution in [0.2, 0.25) is 0 Å². The second kappa shape index (κ2) is 14.9. The van der Waals surface area contributed by atoms with Crippen molar-refractivity contribution in [3.63, 3.8) is 0 Å². The number of carbonyl (C=O) groups excluding carboxylic acids is 3. The van der Waals surface area contributed by atoms with Gasteiger partial charge in [-0.05, 0) is 47.5 Å². The molecule has 1 aliphatic rings. The van der Waals surface area contributed by atoms with Gasteiger partial charge in [-0.3, -0.25) is 14.4 Å². The van der Waals surface area contributed by atoms with Crippen LogP contribution in [0, 0.1) is 0 Å². The highest BCUT2D eigenvalue weighted by Gasteiger charge is 2.35. The van der Waals surface area contributed by atoms with E-state index in [1.54, 1.807) is 32.5 Å². The predicted octanol–water partition coefficient (Wildman–Crippen LogP) is 3.37. The molecule has 218 valence electrons. The van der Waals surface area contributed by atoms with Crippen LogP contribution in [0.3, 0.4) is 0 Å². The summed E-state index contributed by atoms with van der Waals surface area (Å²) in [6.45, 7) is 1.31. The molecule has 8 nitrogen and oxygen atoms in total. The number of rotatable bonds is 13. The Labute approximate surface area is 246 Å². The van der Waals surface area contributed by atoms with Crippen LogP contribution >= 0.6 is 11.3 Å². The van der Waals surface area contributed by atoms with Crippen molar-refractivity contribution in [3.05, 3.63) is 82.6 Å². The largest absolute Gasteiger partial charge is 0.370 e. The SMILES string of the molecule is CNC(=O)C(Cc1cccs1)N(C)C(=O)C(Cc1ccc(-c2ccccc2)cc1)N(C)C(=O)COCC1CCCN1. The fraction of sp³-hybridized carbons (Fsp3) is 0.406. The van der Waals surface area contributed by atoms with Gasteiger partial charge in [0.2, 0.25) is 17.7 Å². The van der Waals surface area contributed by atoms with Crippen molar-refractivity contribution in [1.29, 1.82) is 0 Å². The molecular weight excluding hydrogens is 536 g/mol. The summed E-state index contributed by atoms with van der Waals surface area (Å²) in [5.41, 5.74) is 3.10. The number of nitrogens with one attached hydrogen (secondary N) is 2. The molecular formula is C32H40N4O4S. The lowest BCUT2D eigenvalue weighted by Gasteiger charge is -2.34. The molecule has 0 radical (unpaired) electrons. The fourth-order valence-electron chi connectivity index (χ4n) is 5.12. The van der Waals surface area contributed by atoms with E-state index in [1.807, 2.05) is 60.0 Å². The number of carbonyl (C=O) groups is 3. The smallest absolute Gasteiger partial charge is 0.249 e. The van der Waals surface area contributed by atoms with E-state index in [1.165, 1.54) is 9.80 Å². The monoisotopic (exact) mass is 576 g/mol. The molecule has 0 aliphatic carbocycles. The van der Waals surface area contributed by atoms with E-state index in [9.17, 15) is 14.4 Å². The van der Waals surface area contributed by atoms with Crippen LogP contribution in [0.5, 0.6) is 0 Å². The molecule has 0 bridgehead atoms. The second-order valence-electron chi connectivity index (χ2n) is 10.5. The molecule has 0 spiro atoms. The maximum absolute atomic E-state index is 14.1. The van der Waals surface area contributed by atoms with Gasteiger partial charge in [-0.2, -0.15) is 0 Å². The van der Waals surface area contributed by atoms with E-state index in [-0.39, 0.29) is 30.4 Å². The summed E-state index contributed by atoms with van der Waals surface area (Å²) in [5, 5.41) is 8.01.